The SMILES string of the molecule is O=C(NC[C@@H](c1ccsc1)N1CCCCCC1)C(=O)Nc1ccc(OC(F)(F)F)cc1. The van der Waals surface area contributed by atoms with Gasteiger partial charge in [-0.3, -0.25) is 14.5 Å². The molecule has 2 heterocycles. The molecule has 6 nitrogen and oxygen atoms in total. The van der Waals surface area contributed by atoms with E-state index in [4.69, 9.17) is 0 Å². The molecule has 0 unspecified atom stereocenters. The van der Waals surface area contributed by atoms with Gasteiger partial charge in [-0.15, -0.1) is 13.2 Å². The first-order chi connectivity index (χ1) is 14.8. The number of nitrogens with zero attached hydrogens (tertiary/aromatic N) is 1. The van der Waals surface area contributed by atoms with Gasteiger partial charge in [-0.1, -0.05) is 12.8 Å². The van der Waals surface area contributed by atoms with Gasteiger partial charge in [0.05, 0.1) is 6.04 Å². The lowest BCUT2D eigenvalue weighted by molar-refractivity contribution is -0.274. The Morgan fingerprint density at radius 2 is 1.71 bits per heavy atom. The van der Waals surface area contributed by atoms with Crippen molar-refractivity contribution in [1.82, 2.24) is 10.2 Å². The van der Waals surface area contributed by atoms with Gasteiger partial charge in [-0.2, -0.15) is 11.3 Å². The third-order valence-corrected chi connectivity index (χ3v) is 5.72. The number of thiophene rings is 1. The maximum absolute atomic E-state index is 12.3. The Labute approximate surface area is 182 Å². The minimum atomic E-state index is -4.79. The van der Waals surface area contributed by atoms with Gasteiger partial charge >= 0.3 is 18.2 Å². The van der Waals surface area contributed by atoms with Gasteiger partial charge in [-0.25, -0.2) is 0 Å². The first-order valence-electron chi connectivity index (χ1n) is 10.0. The molecule has 0 bridgehead atoms. The number of benzene rings is 1. The standard InChI is InChI=1S/C21H24F3N3O3S/c22-21(23,24)30-17-7-5-16(6-8-17)26-20(29)19(28)25-13-18(15-9-12-31-14-15)27-10-3-1-2-4-11-27/h5-9,12,14,18H,1-4,10-11,13H2,(H,25,28)(H,26,29)/t18-/m0/s1. The number of amides is 2. The molecular formula is C21H24F3N3O3S. The van der Waals surface area contributed by atoms with E-state index in [9.17, 15) is 22.8 Å². The van der Waals surface area contributed by atoms with Crippen LogP contribution in [0.2, 0.25) is 0 Å². The predicted octanol–water partition coefficient (Wildman–Crippen LogP) is 4.32. The van der Waals surface area contributed by atoms with Gasteiger partial charge in [0.25, 0.3) is 0 Å². The summed E-state index contributed by atoms with van der Waals surface area (Å²) in [5.41, 5.74) is 1.30. The van der Waals surface area contributed by atoms with Crippen LogP contribution in [0.5, 0.6) is 5.75 Å². The molecule has 1 aromatic heterocycles. The van der Waals surface area contributed by atoms with Crippen molar-refractivity contribution >= 4 is 28.8 Å². The summed E-state index contributed by atoms with van der Waals surface area (Å²) in [6.07, 6.45) is -0.216. The van der Waals surface area contributed by atoms with Crippen LogP contribution in [-0.2, 0) is 9.59 Å². The lowest BCUT2D eigenvalue weighted by Crippen LogP contribution is -2.42. The fourth-order valence-corrected chi connectivity index (χ4v) is 4.23. The van der Waals surface area contributed by atoms with Crippen molar-refractivity contribution in [3.63, 3.8) is 0 Å². The third-order valence-electron chi connectivity index (χ3n) is 5.02. The van der Waals surface area contributed by atoms with Crippen LogP contribution in [0.4, 0.5) is 18.9 Å². The van der Waals surface area contributed by atoms with E-state index in [0.717, 1.165) is 43.6 Å². The fraction of sp³-hybridized carbons (Fsp3) is 0.429. The molecule has 2 N–H and O–H groups in total. The molecule has 1 saturated heterocycles. The number of hydrogen-bond donors (Lipinski definition) is 2. The van der Waals surface area contributed by atoms with E-state index in [2.05, 4.69) is 20.3 Å². The van der Waals surface area contributed by atoms with E-state index < -0.39 is 23.9 Å². The largest absolute Gasteiger partial charge is 0.573 e. The summed E-state index contributed by atoms with van der Waals surface area (Å²) < 4.78 is 40.4. The number of ether oxygens (including phenoxy) is 1. The number of carbonyl (C=O) groups excluding carboxylic acids is 2. The van der Waals surface area contributed by atoms with E-state index in [-0.39, 0.29) is 11.7 Å². The molecule has 1 atom stereocenters. The molecule has 31 heavy (non-hydrogen) atoms. The fourth-order valence-electron chi connectivity index (χ4n) is 3.53. The van der Waals surface area contributed by atoms with Crippen LogP contribution in [0.3, 0.4) is 0 Å². The quantitative estimate of drug-likeness (QED) is 0.637. The summed E-state index contributed by atoms with van der Waals surface area (Å²) >= 11 is 1.58. The topological polar surface area (TPSA) is 70.7 Å². The number of halogens is 3. The minimum Gasteiger partial charge on any atom is -0.406 e. The van der Waals surface area contributed by atoms with Crippen LogP contribution in [0.15, 0.2) is 41.1 Å². The Balaban J connectivity index is 1.56. The second-order valence-corrected chi connectivity index (χ2v) is 8.04. The van der Waals surface area contributed by atoms with E-state index in [1.54, 1.807) is 11.3 Å². The molecule has 0 spiro atoms. The molecule has 1 aliphatic rings. The molecule has 0 radical (unpaired) electrons. The normalized spacial score (nSPS) is 16.2. The van der Waals surface area contributed by atoms with Gasteiger partial charge in [0.2, 0.25) is 0 Å². The van der Waals surface area contributed by atoms with Crippen LogP contribution < -0.4 is 15.4 Å². The lowest BCUT2D eigenvalue weighted by Gasteiger charge is -2.30. The minimum absolute atomic E-state index is 0.0140. The zero-order valence-electron chi connectivity index (χ0n) is 16.8. The number of rotatable bonds is 6. The Bertz CT molecular complexity index is 849. The maximum Gasteiger partial charge on any atom is 0.573 e. The van der Waals surface area contributed by atoms with Crippen molar-refractivity contribution in [2.75, 3.05) is 25.0 Å². The van der Waals surface area contributed by atoms with E-state index >= 15 is 0 Å². The lowest BCUT2D eigenvalue weighted by atomic mass is 10.1. The van der Waals surface area contributed by atoms with E-state index in [1.807, 2.05) is 16.8 Å². The van der Waals surface area contributed by atoms with Crippen LogP contribution in [-0.4, -0.2) is 42.7 Å². The van der Waals surface area contributed by atoms with Gasteiger partial charge in [-0.05, 0) is 72.6 Å². The molecule has 3 rings (SSSR count). The molecule has 1 fully saturated rings. The molecule has 168 valence electrons. The highest BCUT2D eigenvalue weighted by Crippen LogP contribution is 2.26. The van der Waals surface area contributed by atoms with Crippen molar-refractivity contribution in [1.29, 1.82) is 0 Å². The smallest absolute Gasteiger partial charge is 0.406 e. The Kier molecular flexibility index (Phi) is 7.91. The summed E-state index contributed by atoms with van der Waals surface area (Å²) in [6.45, 7) is 2.17. The van der Waals surface area contributed by atoms with Gasteiger partial charge in [0, 0.05) is 12.2 Å². The van der Waals surface area contributed by atoms with Crippen LogP contribution >= 0.6 is 11.3 Å². The molecule has 2 amide bonds. The first kappa shape index (κ1) is 23.1. The zero-order chi connectivity index (χ0) is 22.3. The number of likely N-dealkylation sites (tertiary alicyclic amines) is 1. The number of anilines is 1. The highest BCUT2D eigenvalue weighted by molar-refractivity contribution is 7.08. The van der Waals surface area contributed by atoms with Gasteiger partial charge < -0.3 is 15.4 Å². The van der Waals surface area contributed by atoms with Gasteiger partial charge in [0.15, 0.2) is 0 Å². The highest BCUT2D eigenvalue weighted by Gasteiger charge is 2.31. The first-order valence-corrected chi connectivity index (χ1v) is 11.0. The number of hydrogen-bond acceptors (Lipinski definition) is 5. The molecule has 0 saturated carbocycles. The second kappa shape index (κ2) is 10.6. The Hall–Kier alpha value is -2.59. The van der Waals surface area contributed by atoms with Crippen LogP contribution in [0.25, 0.3) is 0 Å². The average molecular weight is 456 g/mol. The van der Waals surface area contributed by atoms with Crippen molar-refractivity contribution < 1.29 is 27.5 Å². The van der Waals surface area contributed by atoms with Crippen molar-refractivity contribution in [2.24, 2.45) is 0 Å². The molecule has 2 aromatic rings. The monoisotopic (exact) mass is 455 g/mol. The highest BCUT2D eigenvalue weighted by atomic mass is 32.1. The maximum atomic E-state index is 12.3. The number of carbonyl (C=O) groups is 2. The average Bonchev–Trinajstić information content (AvgIpc) is 3.11. The third kappa shape index (κ3) is 7.25. The summed E-state index contributed by atoms with van der Waals surface area (Å²) in [5.74, 6) is -2.10. The summed E-state index contributed by atoms with van der Waals surface area (Å²) in [7, 11) is 0. The van der Waals surface area contributed by atoms with Crippen molar-refractivity contribution in [3.05, 3.63) is 46.7 Å². The van der Waals surface area contributed by atoms with Crippen LogP contribution in [0, 0.1) is 0 Å². The predicted molar refractivity (Wildman–Crippen MR) is 112 cm³/mol. The molecule has 0 aliphatic carbocycles. The molecular weight excluding hydrogens is 431 g/mol. The van der Waals surface area contributed by atoms with Crippen molar-refractivity contribution in [2.45, 2.75) is 38.1 Å². The van der Waals surface area contributed by atoms with Gasteiger partial charge in [0.1, 0.15) is 5.75 Å². The molecule has 10 heteroatoms. The van der Waals surface area contributed by atoms with E-state index in [0.29, 0.717) is 6.54 Å². The summed E-state index contributed by atoms with van der Waals surface area (Å²) in [4.78, 5) is 26.9. The summed E-state index contributed by atoms with van der Waals surface area (Å²) in [5, 5.41) is 9.11. The number of nitrogens with one attached hydrogen (secondary N) is 2. The number of alkyl halides is 3. The summed E-state index contributed by atoms with van der Waals surface area (Å²) in [6, 6.07) is 6.60. The van der Waals surface area contributed by atoms with Crippen molar-refractivity contribution in [3.8, 4) is 5.75 Å². The molecule has 1 aromatic carbocycles. The Morgan fingerprint density at radius 1 is 1.03 bits per heavy atom. The second-order valence-electron chi connectivity index (χ2n) is 7.26. The molecule has 1 aliphatic heterocycles. The van der Waals surface area contributed by atoms with Crippen LogP contribution in [0.1, 0.15) is 37.3 Å². The van der Waals surface area contributed by atoms with E-state index in [1.165, 1.54) is 25.0 Å². The Morgan fingerprint density at radius 3 is 2.29 bits per heavy atom. The zero-order valence-corrected chi connectivity index (χ0v) is 17.6.